The maximum absolute atomic E-state index is 3.72. The third-order valence-corrected chi connectivity index (χ3v) is 2.30. The third kappa shape index (κ3) is 85.8. The van der Waals surface area contributed by atoms with Crippen molar-refractivity contribution in [2.45, 2.75) is 111 Å². The first-order valence-corrected chi connectivity index (χ1v) is 15.4. The van der Waals surface area contributed by atoms with Crippen molar-refractivity contribution in [3.05, 3.63) is 105 Å². The lowest BCUT2D eigenvalue weighted by molar-refractivity contribution is -0.671. The van der Waals surface area contributed by atoms with Gasteiger partial charge in [0.25, 0.3) is 0 Å². The molecule has 0 atom stereocenters. The van der Waals surface area contributed by atoms with E-state index >= 15 is 0 Å². The molecule has 7 heteroatoms. The molecule has 0 saturated heterocycles. The van der Waals surface area contributed by atoms with Crippen LogP contribution in [0.2, 0.25) is 0 Å². The van der Waals surface area contributed by atoms with Crippen molar-refractivity contribution in [3.8, 4) is 0 Å². The van der Waals surface area contributed by atoms with Crippen molar-refractivity contribution in [2.75, 3.05) is 0 Å². The molecule has 0 saturated carbocycles. The molecule has 0 aromatic carbocycles. The zero-order chi connectivity index (χ0) is 33.8. The van der Waals surface area contributed by atoms with Crippen LogP contribution in [-0.4, -0.2) is 30.1 Å². The Kier molecular flexibility index (Phi) is 127. The lowest BCUT2D eigenvalue weighted by Crippen LogP contribution is -2.25. The summed E-state index contributed by atoms with van der Waals surface area (Å²) in [6.07, 6.45) is 18.7. The molecule has 4 rings (SSSR count). The summed E-state index contributed by atoms with van der Waals surface area (Å²) in [6, 6.07) is 11.4. The second-order valence-corrected chi connectivity index (χ2v) is 4.25. The van der Waals surface area contributed by atoms with Gasteiger partial charge >= 0.3 is 0 Å². The molecule has 7 nitrogen and oxygen atoms in total. The number of hydrogen-bond donors (Lipinski definition) is 0. The highest BCUT2D eigenvalue weighted by atomic mass is 15.1. The Morgan fingerprint density at radius 1 is 0.317 bits per heavy atom. The highest BCUT2D eigenvalue weighted by Crippen LogP contribution is 1.71. The maximum Gasteiger partial charge on any atom is 0.168 e. The molecule has 0 fully saturated rings. The van der Waals surface area contributed by atoms with Crippen molar-refractivity contribution in [1.29, 1.82) is 0 Å². The van der Waals surface area contributed by atoms with Crippen molar-refractivity contribution in [1.82, 2.24) is 30.1 Å². The fourth-order valence-electron chi connectivity index (χ4n) is 1.24. The number of pyridine rings is 1. The number of aromatic nitrogens is 7. The van der Waals surface area contributed by atoms with Crippen molar-refractivity contribution < 1.29 is 4.57 Å². The number of aryl methyl sites for hydroxylation is 1. The van der Waals surface area contributed by atoms with E-state index in [2.05, 4.69) is 30.1 Å². The molecule has 4 heterocycles. The van der Waals surface area contributed by atoms with E-state index < -0.39 is 0 Å². The van der Waals surface area contributed by atoms with Gasteiger partial charge in [-0.2, -0.15) is 10.2 Å². The van der Waals surface area contributed by atoms with Gasteiger partial charge in [-0.15, -0.1) is 0 Å². The number of nitrogens with zero attached hydrogens (tertiary/aromatic N) is 7. The molecular formula is C34H68N7+. The zero-order valence-corrected chi connectivity index (χ0v) is 29.9. The second kappa shape index (κ2) is 90.9. The Hall–Kier alpha value is -3.61. The molecule has 0 bridgehead atoms. The van der Waals surface area contributed by atoms with Gasteiger partial charge in [0.05, 0.1) is 0 Å². The normalized spacial score (nSPS) is 6.17. The standard InChI is InChI=1S/C6H8N.3C4H4N2.8C2H6/c1-7-5-3-2-4-6-7;1-2-6-4-3-5-1;1-2-5-4-6-3-1;1-2-4-6-5-3-1;8*1-2/h2-6H,1H3;3*1-4H;8*1-2H3/q+1;;;;;;;;;;;. The molecule has 0 N–H and O–H groups in total. The Bertz CT molecular complexity index is 561. The molecule has 0 aliphatic heterocycles. The Labute approximate surface area is 257 Å². The van der Waals surface area contributed by atoms with E-state index in [9.17, 15) is 0 Å². The monoisotopic (exact) mass is 575 g/mol. The van der Waals surface area contributed by atoms with Gasteiger partial charge in [-0.3, -0.25) is 9.97 Å². The minimum Gasteiger partial charge on any atom is -0.262 e. The first-order chi connectivity index (χ1) is 20.4. The van der Waals surface area contributed by atoms with Crippen LogP contribution in [0.1, 0.15) is 111 Å². The molecule has 4 aromatic heterocycles. The zero-order valence-electron chi connectivity index (χ0n) is 29.9. The molecule has 0 unspecified atom stereocenters. The quantitative estimate of drug-likeness (QED) is 0.194. The van der Waals surface area contributed by atoms with Crippen LogP contribution in [0, 0.1) is 0 Å². The van der Waals surface area contributed by atoms with E-state index in [0.29, 0.717) is 0 Å². The van der Waals surface area contributed by atoms with Crippen molar-refractivity contribution in [3.63, 3.8) is 0 Å². The summed E-state index contributed by atoms with van der Waals surface area (Å²) in [4.78, 5) is 14.8. The predicted octanol–water partition coefficient (Wildman–Crippen LogP) is 10.2. The van der Waals surface area contributed by atoms with E-state index in [1.165, 1.54) is 6.33 Å². The summed E-state index contributed by atoms with van der Waals surface area (Å²) in [5, 5.41) is 7.07. The average molecular weight is 575 g/mol. The first kappa shape index (κ1) is 57.3. The fourth-order valence-corrected chi connectivity index (χ4v) is 1.24. The van der Waals surface area contributed by atoms with Crippen LogP contribution < -0.4 is 4.57 Å². The molecule has 0 aliphatic carbocycles. The summed E-state index contributed by atoms with van der Waals surface area (Å²) in [6.45, 7) is 32.0. The maximum atomic E-state index is 3.72. The summed E-state index contributed by atoms with van der Waals surface area (Å²) < 4.78 is 2.00. The van der Waals surface area contributed by atoms with E-state index in [4.69, 9.17) is 0 Å². The van der Waals surface area contributed by atoms with Gasteiger partial charge in [-0.25, -0.2) is 14.5 Å². The van der Waals surface area contributed by atoms with Crippen LogP contribution in [0.5, 0.6) is 0 Å². The summed E-state index contributed by atoms with van der Waals surface area (Å²) in [5.74, 6) is 0. The Morgan fingerprint density at radius 3 is 0.756 bits per heavy atom. The fraction of sp³-hybridized carbons (Fsp3) is 0.500. The highest BCUT2D eigenvalue weighted by Gasteiger charge is 1.78. The number of rotatable bonds is 0. The topological polar surface area (TPSA) is 81.2 Å². The molecule has 0 spiro atoms. The first-order valence-electron chi connectivity index (χ1n) is 15.4. The Morgan fingerprint density at radius 2 is 0.634 bits per heavy atom. The van der Waals surface area contributed by atoms with Crippen LogP contribution in [0.3, 0.4) is 0 Å². The van der Waals surface area contributed by atoms with Crippen LogP contribution >= 0.6 is 0 Å². The van der Waals surface area contributed by atoms with Gasteiger partial charge in [0.15, 0.2) is 12.4 Å². The van der Waals surface area contributed by atoms with Crippen molar-refractivity contribution in [2.24, 2.45) is 7.05 Å². The van der Waals surface area contributed by atoms with E-state index in [-0.39, 0.29) is 0 Å². The molecule has 41 heavy (non-hydrogen) atoms. The number of hydrogen-bond acceptors (Lipinski definition) is 6. The van der Waals surface area contributed by atoms with Crippen LogP contribution in [0.15, 0.2) is 105 Å². The molecule has 4 aromatic rings. The van der Waals surface area contributed by atoms with Crippen LogP contribution in [-0.2, 0) is 7.05 Å². The van der Waals surface area contributed by atoms with Crippen molar-refractivity contribution >= 4 is 0 Å². The summed E-state index contributed by atoms with van der Waals surface area (Å²) >= 11 is 0. The van der Waals surface area contributed by atoms with Gasteiger partial charge in [-0.1, -0.05) is 117 Å². The van der Waals surface area contributed by atoms with Gasteiger partial charge in [0.1, 0.15) is 13.4 Å². The lowest BCUT2D eigenvalue weighted by atomic mass is 10.5. The van der Waals surface area contributed by atoms with E-state index in [0.717, 1.165) is 0 Å². The molecule has 0 radical (unpaired) electrons. The largest absolute Gasteiger partial charge is 0.262 e. The average Bonchev–Trinajstić information content (AvgIpc) is 3.15. The van der Waals surface area contributed by atoms with Gasteiger partial charge in [-0.05, 0) is 18.2 Å². The van der Waals surface area contributed by atoms with Gasteiger partial charge < -0.3 is 0 Å². The minimum absolute atomic E-state index is 1.50. The SMILES string of the molecule is CC.CC.CC.CC.CC.CC.CC.CC.C[n+]1ccccc1.c1ccnnc1.c1cnccn1.c1cncnc1. The van der Waals surface area contributed by atoms with Crippen LogP contribution in [0.25, 0.3) is 0 Å². The van der Waals surface area contributed by atoms with Gasteiger partial charge in [0, 0.05) is 61.7 Å². The third-order valence-electron chi connectivity index (χ3n) is 2.30. The van der Waals surface area contributed by atoms with Gasteiger partial charge in [0.2, 0.25) is 0 Å². The summed E-state index contributed by atoms with van der Waals surface area (Å²) in [7, 11) is 2.00. The van der Waals surface area contributed by atoms with E-state index in [1.807, 2.05) is 165 Å². The van der Waals surface area contributed by atoms with E-state index in [1.54, 1.807) is 55.6 Å². The Balaban J connectivity index is -0.0000000509. The smallest absolute Gasteiger partial charge is 0.168 e. The second-order valence-electron chi connectivity index (χ2n) is 4.25. The molecular weight excluding hydrogens is 506 g/mol. The minimum atomic E-state index is 1.50. The summed E-state index contributed by atoms with van der Waals surface area (Å²) in [5.41, 5.74) is 0. The predicted molar refractivity (Wildman–Crippen MR) is 184 cm³/mol. The highest BCUT2D eigenvalue weighted by molar-refractivity contribution is 4.83. The lowest BCUT2D eigenvalue weighted by Gasteiger charge is -1.77. The molecule has 0 amide bonds. The van der Waals surface area contributed by atoms with Crippen LogP contribution in [0.4, 0.5) is 0 Å². The molecule has 238 valence electrons. The molecule has 0 aliphatic rings.